The van der Waals surface area contributed by atoms with E-state index in [0.29, 0.717) is 12.1 Å². The molecule has 2 heteroatoms. The van der Waals surface area contributed by atoms with Gasteiger partial charge in [-0.15, -0.1) is 0 Å². The second-order valence-electron chi connectivity index (χ2n) is 7.12. The van der Waals surface area contributed by atoms with Crippen LogP contribution in [0.4, 0.5) is 0 Å². The van der Waals surface area contributed by atoms with Gasteiger partial charge < -0.3 is 4.98 Å². The largest absolute Gasteiger partial charge is 0.357 e. The highest BCUT2D eigenvalue weighted by Crippen LogP contribution is 2.51. The summed E-state index contributed by atoms with van der Waals surface area (Å²) in [6, 6.07) is 10.1. The van der Waals surface area contributed by atoms with Crippen LogP contribution in [0.15, 0.2) is 36.4 Å². The molecular weight excluding hydrogens is 256 g/mol. The van der Waals surface area contributed by atoms with Crippen molar-refractivity contribution in [1.29, 1.82) is 0 Å². The normalized spacial score (nSPS) is 34.7. The highest BCUT2D eigenvalue weighted by molar-refractivity contribution is 5.85. The molecule has 0 radical (unpaired) electrons. The number of H-pyrrole nitrogens is 1. The van der Waals surface area contributed by atoms with Gasteiger partial charge in [-0.25, -0.2) is 0 Å². The number of benzene rings is 1. The predicted octanol–water partition coefficient (Wildman–Crippen LogP) is 4.05. The molecule has 2 aliphatic heterocycles. The van der Waals surface area contributed by atoms with Crippen LogP contribution in [0.1, 0.15) is 37.1 Å². The molecule has 1 fully saturated rings. The Kier molecular flexibility index (Phi) is 2.43. The minimum atomic E-state index is 0.617. The van der Waals surface area contributed by atoms with Crippen LogP contribution in [0, 0.1) is 11.8 Å². The maximum atomic E-state index is 3.78. The quantitative estimate of drug-likeness (QED) is 0.720. The van der Waals surface area contributed by atoms with E-state index < -0.39 is 0 Å². The van der Waals surface area contributed by atoms with Gasteiger partial charge in [0.05, 0.1) is 6.04 Å². The molecule has 3 aliphatic rings. The van der Waals surface area contributed by atoms with E-state index >= 15 is 0 Å². The highest BCUT2D eigenvalue weighted by Gasteiger charge is 2.47. The summed E-state index contributed by atoms with van der Waals surface area (Å²) in [4.78, 5) is 6.55. The zero-order valence-corrected chi connectivity index (χ0v) is 12.5. The van der Waals surface area contributed by atoms with Crippen molar-refractivity contribution in [2.24, 2.45) is 11.8 Å². The van der Waals surface area contributed by atoms with Crippen LogP contribution in [-0.4, -0.2) is 22.5 Å². The van der Waals surface area contributed by atoms with Gasteiger partial charge in [-0.05, 0) is 49.7 Å². The Morgan fingerprint density at radius 1 is 1.14 bits per heavy atom. The first-order valence-electron chi connectivity index (χ1n) is 8.33. The summed E-state index contributed by atoms with van der Waals surface area (Å²) in [7, 11) is 0. The highest BCUT2D eigenvalue weighted by atomic mass is 15.2. The predicted molar refractivity (Wildman–Crippen MR) is 86.3 cm³/mol. The van der Waals surface area contributed by atoms with Crippen LogP contribution in [0.25, 0.3) is 10.9 Å². The van der Waals surface area contributed by atoms with Crippen molar-refractivity contribution in [1.82, 2.24) is 9.88 Å². The van der Waals surface area contributed by atoms with E-state index in [1.807, 2.05) is 0 Å². The average molecular weight is 278 g/mol. The lowest BCUT2D eigenvalue weighted by molar-refractivity contribution is 0.153. The van der Waals surface area contributed by atoms with Gasteiger partial charge in [-0.2, -0.15) is 0 Å². The Bertz CT molecular complexity index is 726. The van der Waals surface area contributed by atoms with Crippen LogP contribution in [-0.2, 0) is 6.42 Å². The zero-order valence-electron chi connectivity index (χ0n) is 12.5. The van der Waals surface area contributed by atoms with E-state index in [9.17, 15) is 0 Å². The smallest absolute Gasteiger partial charge is 0.0538 e. The Labute approximate surface area is 125 Å². The van der Waals surface area contributed by atoms with Crippen molar-refractivity contribution in [3.05, 3.63) is 47.7 Å². The molecule has 4 atom stereocenters. The summed E-state index contributed by atoms with van der Waals surface area (Å²) in [6.45, 7) is 3.71. The number of hydrogen-bond donors (Lipinski definition) is 1. The fourth-order valence-electron chi connectivity index (χ4n) is 5.06. The summed E-state index contributed by atoms with van der Waals surface area (Å²) < 4.78 is 0. The molecule has 21 heavy (non-hydrogen) atoms. The van der Waals surface area contributed by atoms with E-state index in [1.54, 1.807) is 5.56 Å². The monoisotopic (exact) mass is 278 g/mol. The van der Waals surface area contributed by atoms with Gasteiger partial charge in [0.15, 0.2) is 0 Å². The van der Waals surface area contributed by atoms with Gasteiger partial charge in [-0.1, -0.05) is 30.4 Å². The number of nitrogens with zero attached hydrogens (tertiary/aromatic N) is 1. The van der Waals surface area contributed by atoms with E-state index in [-0.39, 0.29) is 0 Å². The van der Waals surface area contributed by atoms with E-state index in [2.05, 4.69) is 53.2 Å². The molecule has 1 aliphatic carbocycles. The first-order chi connectivity index (χ1) is 10.3. The summed E-state index contributed by atoms with van der Waals surface area (Å²) in [5, 5.41) is 1.45. The number of para-hydroxylation sites is 1. The number of allylic oxidation sites excluding steroid dienone is 2. The van der Waals surface area contributed by atoms with Crippen molar-refractivity contribution in [2.75, 3.05) is 6.54 Å². The Morgan fingerprint density at radius 2 is 2.00 bits per heavy atom. The Morgan fingerprint density at radius 3 is 2.95 bits per heavy atom. The number of rotatable bonds is 0. The minimum Gasteiger partial charge on any atom is -0.357 e. The summed E-state index contributed by atoms with van der Waals surface area (Å²) in [6.07, 6.45) is 8.54. The van der Waals surface area contributed by atoms with Gasteiger partial charge in [0.25, 0.3) is 0 Å². The van der Waals surface area contributed by atoms with E-state index in [4.69, 9.17) is 0 Å². The molecule has 5 rings (SSSR count). The molecule has 0 saturated carbocycles. The first kappa shape index (κ1) is 12.0. The van der Waals surface area contributed by atoms with Crippen LogP contribution < -0.4 is 0 Å². The molecule has 1 N–H and O–H groups in total. The van der Waals surface area contributed by atoms with Crippen molar-refractivity contribution in [3.8, 4) is 0 Å². The Hall–Kier alpha value is -1.54. The lowest BCUT2D eigenvalue weighted by Gasteiger charge is -2.37. The standard InChI is InChI=1S/C19H22N2/c1-12-10-16-15-8-4-5-9-17(15)20-18(16)19-14-7-3-2-6-13(14)11-21(12)19/h2-5,8-9,12-14,19-20H,6-7,10-11H2,1H3/t12-,13-,14-,19+/m1/s1. The third-order valence-corrected chi connectivity index (χ3v) is 6.04. The topological polar surface area (TPSA) is 19.0 Å². The maximum Gasteiger partial charge on any atom is 0.0538 e. The summed E-state index contributed by atoms with van der Waals surface area (Å²) >= 11 is 0. The second-order valence-corrected chi connectivity index (χ2v) is 7.12. The average Bonchev–Trinajstić information content (AvgIpc) is 3.06. The van der Waals surface area contributed by atoms with Crippen LogP contribution in [0.5, 0.6) is 0 Å². The number of aromatic nitrogens is 1. The van der Waals surface area contributed by atoms with E-state index in [1.165, 1.54) is 42.4 Å². The van der Waals surface area contributed by atoms with Gasteiger partial charge in [0.1, 0.15) is 0 Å². The van der Waals surface area contributed by atoms with Crippen LogP contribution in [0.2, 0.25) is 0 Å². The van der Waals surface area contributed by atoms with Crippen molar-refractivity contribution < 1.29 is 0 Å². The van der Waals surface area contributed by atoms with Gasteiger partial charge in [-0.3, -0.25) is 4.90 Å². The van der Waals surface area contributed by atoms with Crippen molar-refractivity contribution in [3.63, 3.8) is 0 Å². The summed E-state index contributed by atoms with van der Waals surface area (Å²) in [5.74, 6) is 1.67. The lowest BCUT2D eigenvalue weighted by atomic mass is 9.79. The third kappa shape index (κ3) is 1.57. The fourth-order valence-corrected chi connectivity index (χ4v) is 5.06. The molecule has 0 bridgehead atoms. The first-order valence-corrected chi connectivity index (χ1v) is 8.33. The van der Waals surface area contributed by atoms with Crippen molar-refractivity contribution in [2.45, 2.75) is 38.3 Å². The molecule has 1 aromatic carbocycles. The zero-order chi connectivity index (χ0) is 14.0. The molecule has 108 valence electrons. The summed E-state index contributed by atoms with van der Waals surface area (Å²) in [5.41, 5.74) is 4.44. The SMILES string of the molecule is C[C@@H]1Cc2c([nH]c3ccccc23)[C@@H]2[C@@H]3CC=CC[C@@H]3CN12. The van der Waals surface area contributed by atoms with Crippen molar-refractivity contribution >= 4 is 10.9 Å². The number of aromatic amines is 1. The number of nitrogens with one attached hydrogen (secondary N) is 1. The van der Waals surface area contributed by atoms with E-state index in [0.717, 1.165) is 11.8 Å². The molecule has 2 nitrogen and oxygen atoms in total. The minimum absolute atomic E-state index is 0.617. The maximum absolute atomic E-state index is 3.78. The molecular formula is C19H22N2. The molecule has 0 unspecified atom stereocenters. The number of hydrogen-bond acceptors (Lipinski definition) is 1. The van der Waals surface area contributed by atoms with Gasteiger partial charge in [0.2, 0.25) is 0 Å². The Balaban J connectivity index is 1.70. The second kappa shape index (κ2) is 4.23. The molecule has 0 spiro atoms. The molecule has 3 heterocycles. The molecule has 1 saturated heterocycles. The molecule has 2 aromatic rings. The third-order valence-electron chi connectivity index (χ3n) is 6.04. The van der Waals surface area contributed by atoms with Gasteiger partial charge >= 0.3 is 0 Å². The molecule has 0 amide bonds. The fraction of sp³-hybridized carbons (Fsp3) is 0.474. The lowest BCUT2D eigenvalue weighted by Crippen LogP contribution is -2.39. The van der Waals surface area contributed by atoms with Crippen LogP contribution in [0.3, 0.4) is 0 Å². The van der Waals surface area contributed by atoms with Crippen LogP contribution >= 0.6 is 0 Å². The number of fused-ring (bicyclic) bond motifs is 7. The van der Waals surface area contributed by atoms with Gasteiger partial charge in [0, 0.05) is 29.2 Å². The molecule has 1 aromatic heterocycles.